The van der Waals surface area contributed by atoms with Crippen LogP contribution >= 0.6 is 0 Å². The minimum atomic E-state index is -2.04. The minimum Gasteiger partial charge on any atom is -0.465 e. The van der Waals surface area contributed by atoms with Crippen molar-refractivity contribution in [3.05, 3.63) is 0 Å². The number of hydrogen-bond acceptors (Lipinski definition) is 4. The Bertz CT molecular complexity index is 268. The van der Waals surface area contributed by atoms with Crippen LogP contribution < -0.4 is 0 Å². The fourth-order valence-corrected chi connectivity index (χ4v) is 4.44. The van der Waals surface area contributed by atoms with Gasteiger partial charge in [-0.25, -0.2) is 4.79 Å². The summed E-state index contributed by atoms with van der Waals surface area (Å²) in [6.07, 6.45) is -0.324. The fourth-order valence-electron chi connectivity index (χ4n) is 1.85. The molecule has 1 amide bonds. The van der Waals surface area contributed by atoms with Crippen LogP contribution in [0.5, 0.6) is 0 Å². The van der Waals surface area contributed by atoms with Gasteiger partial charge in [-0.1, -0.05) is 0 Å². The van der Waals surface area contributed by atoms with E-state index in [0.717, 1.165) is 0 Å². The molecule has 0 radical (unpaired) electrons. The molecule has 0 aliphatic heterocycles. The van der Waals surface area contributed by atoms with Crippen molar-refractivity contribution in [1.82, 2.24) is 4.90 Å². The van der Waals surface area contributed by atoms with Gasteiger partial charge in [0.2, 0.25) is 0 Å². The highest BCUT2D eigenvalue weighted by molar-refractivity contribution is 6.69. The summed E-state index contributed by atoms with van der Waals surface area (Å²) in [5, 5.41) is 9.25. The normalized spacial score (nSPS) is 13.6. The van der Waals surface area contributed by atoms with E-state index in [-0.39, 0.29) is 5.67 Å². The smallest absolute Gasteiger partial charge is 0.407 e. The maximum atomic E-state index is 11.3. The molecule has 0 bridgehead atoms. The molecule has 0 saturated carbocycles. The lowest BCUT2D eigenvalue weighted by atomic mass is 10.4. The van der Waals surface area contributed by atoms with Gasteiger partial charge in [-0.3, -0.25) is 0 Å². The number of rotatable bonds is 9. The molecule has 0 aromatic carbocycles. The van der Waals surface area contributed by atoms with Crippen molar-refractivity contribution < 1.29 is 23.2 Å². The molecule has 0 rings (SSSR count). The van der Waals surface area contributed by atoms with Gasteiger partial charge in [-0.2, -0.15) is 0 Å². The average Bonchev–Trinajstić information content (AvgIpc) is 2.28. The van der Waals surface area contributed by atoms with E-state index in [1.54, 1.807) is 14.2 Å². The van der Waals surface area contributed by atoms with Crippen LogP contribution in [0.2, 0.25) is 19.6 Å². The van der Waals surface area contributed by atoms with Crippen molar-refractivity contribution in [2.24, 2.45) is 0 Å². The SMILES string of the molecule is CCN(C(=O)O)C(CCO[Si](C)(C)C)[SiH](OC)OC. The second-order valence-electron chi connectivity index (χ2n) is 5.23. The van der Waals surface area contributed by atoms with Gasteiger partial charge < -0.3 is 23.3 Å². The second-order valence-corrected chi connectivity index (χ2v) is 12.2. The molecule has 0 aliphatic rings. The van der Waals surface area contributed by atoms with Crippen molar-refractivity contribution >= 4 is 23.7 Å². The summed E-state index contributed by atoms with van der Waals surface area (Å²) in [5.41, 5.74) is -0.228. The summed E-state index contributed by atoms with van der Waals surface area (Å²) in [6, 6.07) is 0. The van der Waals surface area contributed by atoms with Crippen LogP contribution in [0.15, 0.2) is 0 Å². The van der Waals surface area contributed by atoms with Crippen LogP contribution in [0.25, 0.3) is 0 Å². The Hall–Kier alpha value is -0.416. The Morgan fingerprint density at radius 3 is 2.16 bits per heavy atom. The second kappa shape index (κ2) is 8.69. The monoisotopic (exact) mass is 309 g/mol. The largest absolute Gasteiger partial charge is 0.465 e. The minimum absolute atomic E-state index is 0.228. The van der Waals surface area contributed by atoms with E-state index < -0.39 is 23.7 Å². The fraction of sp³-hybridized carbons (Fsp3) is 0.909. The molecule has 0 spiro atoms. The third kappa shape index (κ3) is 7.07. The molecule has 0 heterocycles. The Morgan fingerprint density at radius 1 is 1.32 bits per heavy atom. The van der Waals surface area contributed by atoms with Crippen molar-refractivity contribution in [3.8, 4) is 0 Å². The summed E-state index contributed by atoms with van der Waals surface area (Å²) >= 11 is 0. The number of carbonyl (C=O) groups is 1. The van der Waals surface area contributed by atoms with Crippen LogP contribution in [-0.4, -0.2) is 66.7 Å². The zero-order chi connectivity index (χ0) is 15.1. The predicted octanol–water partition coefficient (Wildman–Crippen LogP) is 1.65. The first-order valence-corrected chi connectivity index (χ1v) is 11.5. The first-order valence-electron chi connectivity index (χ1n) is 6.46. The summed E-state index contributed by atoms with van der Waals surface area (Å²) in [5.74, 6) is 0. The molecular formula is C11H27NO5Si2. The van der Waals surface area contributed by atoms with Crippen molar-refractivity contribution in [3.63, 3.8) is 0 Å². The highest BCUT2D eigenvalue weighted by atomic mass is 28.4. The van der Waals surface area contributed by atoms with Gasteiger partial charge in [-0.15, -0.1) is 0 Å². The lowest BCUT2D eigenvalue weighted by Gasteiger charge is -2.32. The van der Waals surface area contributed by atoms with Gasteiger partial charge in [0.1, 0.15) is 0 Å². The van der Waals surface area contributed by atoms with Crippen LogP contribution in [0.4, 0.5) is 4.79 Å². The Kier molecular flexibility index (Phi) is 8.50. The molecule has 0 aromatic rings. The zero-order valence-electron chi connectivity index (χ0n) is 12.8. The molecule has 0 fully saturated rings. The molecule has 0 aliphatic carbocycles. The molecule has 114 valence electrons. The highest BCUT2D eigenvalue weighted by Gasteiger charge is 2.33. The predicted molar refractivity (Wildman–Crippen MR) is 79.3 cm³/mol. The molecule has 6 nitrogen and oxygen atoms in total. The number of amides is 1. The summed E-state index contributed by atoms with van der Waals surface area (Å²) < 4.78 is 16.5. The van der Waals surface area contributed by atoms with Gasteiger partial charge in [0.05, 0.1) is 5.67 Å². The summed E-state index contributed by atoms with van der Waals surface area (Å²) in [7, 11) is -0.484. The summed E-state index contributed by atoms with van der Waals surface area (Å²) in [6.45, 7) is 9.11. The van der Waals surface area contributed by atoms with Gasteiger partial charge in [0.15, 0.2) is 8.32 Å². The van der Waals surface area contributed by atoms with Gasteiger partial charge >= 0.3 is 15.4 Å². The van der Waals surface area contributed by atoms with E-state index in [9.17, 15) is 9.90 Å². The first kappa shape index (κ1) is 18.6. The number of nitrogens with zero attached hydrogens (tertiary/aromatic N) is 1. The maximum absolute atomic E-state index is 11.3. The van der Waals surface area contributed by atoms with Crippen LogP contribution in [0, 0.1) is 0 Å². The van der Waals surface area contributed by atoms with Gasteiger partial charge in [0, 0.05) is 27.4 Å². The third-order valence-corrected chi connectivity index (χ3v) is 6.04. The lowest BCUT2D eigenvalue weighted by Crippen LogP contribution is -2.51. The van der Waals surface area contributed by atoms with E-state index in [1.807, 2.05) is 6.92 Å². The molecule has 1 unspecified atom stereocenters. The standard InChI is InChI=1S/C11H27NO5Si2/c1-7-12(11(13)14)10(18(15-2)16-3)8-9-17-19(4,5)6/h10,18H,7-9H2,1-6H3,(H,13,14). The van der Waals surface area contributed by atoms with Crippen LogP contribution in [0.1, 0.15) is 13.3 Å². The Balaban J connectivity index is 4.71. The van der Waals surface area contributed by atoms with Crippen molar-refractivity contribution in [2.75, 3.05) is 27.4 Å². The van der Waals surface area contributed by atoms with E-state index in [4.69, 9.17) is 13.3 Å². The highest BCUT2D eigenvalue weighted by Crippen LogP contribution is 2.13. The van der Waals surface area contributed by atoms with E-state index >= 15 is 0 Å². The topological polar surface area (TPSA) is 68.2 Å². The zero-order valence-corrected chi connectivity index (χ0v) is 15.0. The molecule has 1 N–H and O–H groups in total. The van der Waals surface area contributed by atoms with Gasteiger partial charge in [-0.05, 0) is 33.0 Å². The number of carboxylic acid groups (broad SMARTS) is 1. The molecule has 0 aromatic heterocycles. The van der Waals surface area contributed by atoms with Crippen molar-refractivity contribution in [1.29, 1.82) is 0 Å². The van der Waals surface area contributed by atoms with Crippen molar-refractivity contribution in [2.45, 2.75) is 38.7 Å². The average molecular weight is 310 g/mol. The number of hydrogen-bond donors (Lipinski definition) is 1. The Labute approximate surface area is 118 Å². The van der Waals surface area contributed by atoms with Gasteiger partial charge in [0.25, 0.3) is 0 Å². The molecule has 1 atom stereocenters. The van der Waals surface area contributed by atoms with E-state index in [1.165, 1.54) is 4.90 Å². The first-order chi connectivity index (χ1) is 8.76. The van der Waals surface area contributed by atoms with Crippen LogP contribution in [-0.2, 0) is 13.3 Å². The van der Waals surface area contributed by atoms with Crippen LogP contribution in [0.3, 0.4) is 0 Å². The lowest BCUT2D eigenvalue weighted by molar-refractivity contribution is 0.120. The third-order valence-electron chi connectivity index (χ3n) is 2.71. The van der Waals surface area contributed by atoms with E-state index in [2.05, 4.69) is 19.6 Å². The Morgan fingerprint density at radius 2 is 1.84 bits per heavy atom. The molecule has 0 saturated heterocycles. The summed E-state index contributed by atoms with van der Waals surface area (Å²) in [4.78, 5) is 12.7. The maximum Gasteiger partial charge on any atom is 0.407 e. The molecule has 8 heteroatoms. The van der Waals surface area contributed by atoms with E-state index in [0.29, 0.717) is 19.6 Å². The molecular weight excluding hydrogens is 282 g/mol. The quantitative estimate of drug-likeness (QED) is 0.656. The molecule has 19 heavy (non-hydrogen) atoms.